The van der Waals surface area contributed by atoms with Crippen LogP contribution in [-0.4, -0.2) is 25.6 Å². The molecule has 0 fully saturated rings. The van der Waals surface area contributed by atoms with Crippen molar-refractivity contribution in [3.63, 3.8) is 0 Å². The number of benzene rings is 1. The Kier molecular flexibility index (Phi) is 12.2. The number of sulfone groups is 1. The number of Topliss-reactive ketones (excluding diaryl/α,β-unsaturated/α-hetero) is 1. The highest BCUT2D eigenvalue weighted by Crippen LogP contribution is 2.26. The third-order valence-corrected chi connectivity index (χ3v) is 7.38. The molecule has 1 rings (SSSR count). The second-order valence-electron chi connectivity index (χ2n) is 9.68. The summed E-state index contributed by atoms with van der Waals surface area (Å²) in [6.45, 7) is 8.17. The molecule has 0 bridgehead atoms. The standard InChI is InChI=1S/C26H42O5S/c1-6-7-8-9-10-11-12-13-14-15-16-22-17-19-23(20-18-22)32(29,30)25(31-21(2)27)24(28)26(3,4)5/h17-20,25H,6-16H2,1-5H3. The molecule has 0 N–H and O–H groups in total. The van der Waals surface area contributed by atoms with Crippen LogP contribution in [0.25, 0.3) is 0 Å². The molecule has 1 unspecified atom stereocenters. The number of hydrogen-bond acceptors (Lipinski definition) is 5. The van der Waals surface area contributed by atoms with E-state index in [1.165, 1.54) is 69.9 Å². The smallest absolute Gasteiger partial charge is 0.304 e. The zero-order valence-electron chi connectivity index (χ0n) is 20.6. The molecule has 1 aromatic rings. The highest BCUT2D eigenvalue weighted by molar-refractivity contribution is 7.92. The largest absolute Gasteiger partial charge is 0.437 e. The number of ether oxygens (including phenoxy) is 1. The first-order valence-corrected chi connectivity index (χ1v) is 13.6. The fourth-order valence-corrected chi connectivity index (χ4v) is 5.21. The molecule has 5 nitrogen and oxygen atoms in total. The van der Waals surface area contributed by atoms with Crippen LogP contribution in [0.2, 0.25) is 0 Å². The predicted octanol–water partition coefficient (Wildman–Crippen LogP) is 6.43. The summed E-state index contributed by atoms with van der Waals surface area (Å²) in [5.74, 6) is -1.43. The van der Waals surface area contributed by atoms with E-state index >= 15 is 0 Å². The number of carbonyl (C=O) groups is 2. The van der Waals surface area contributed by atoms with Gasteiger partial charge in [-0.1, -0.05) is 97.6 Å². The maximum atomic E-state index is 13.0. The number of aryl methyl sites for hydroxylation is 1. The van der Waals surface area contributed by atoms with Crippen molar-refractivity contribution >= 4 is 21.6 Å². The molecule has 0 saturated carbocycles. The van der Waals surface area contributed by atoms with Crippen molar-refractivity contribution in [1.82, 2.24) is 0 Å². The summed E-state index contributed by atoms with van der Waals surface area (Å²) in [6, 6.07) is 6.58. The monoisotopic (exact) mass is 466 g/mol. The fraction of sp³-hybridized carbons (Fsp3) is 0.692. The van der Waals surface area contributed by atoms with Crippen LogP contribution in [0.3, 0.4) is 0 Å². The highest BCUT2D eigenvalue weighted by atomic mass is 32.2. The molecule has 0 spiro atoms. The molecule has 0 aliphatic heterocycles. The first-order chi connectivity index (χ1) is 15.0. The van der Waals surface area contributed by atoms with Crippen molar-refractivity contribution in [2.24, 2.45) is 5.41 Å². The molecule has 0 amide bonds. The van der Waals surface area contributed by atoms with Crippen molar-refractivity contribution in [2.45, 2.75) is 116 Å². The van der Waals surface area contributed by atoms with Gasteiger partial charge < -0.3 is 4.74 Å². The molecule has 0 radical (unpaired) electrons. The van der Waals surface area contributed by atoms with Gasteiger partial charge >= 0.3 is 5.97 Å². The maximum Gasteiger partial charge on any atom is 0.304 e. The summed E-state index contributed by atoms with van der Waals surface area (Å²) in [4.78, 5) is 24.1. The lowest BCUT2D eigenvalue weighted by Gasteiger charge is -2.24. The Morgan fingerprint density at radius 3 is 1.75 bits per heavy atom. The summed E-state index contributed by atoms with van der Waals surface area (Å²) in [5, 5.41) is 0. The molecular formula is C26H42O5S. The Morgan fingerprint density at radius 1 is 0.844 bits per heavy atom. The van der Waals surface area contributed by atoms with Crippen molar-refractivity contribution in [1.29, 1.82) is 0 Å². The Hall–Kier alpha value is -1.69. The maximum absolute atomic E-state index is 13.0. The lowest BCUT2D eigenvalue weighted by molar-refractivity contribution is -0.150. The second-order valence-corrected chi connectivity index (χ2v) is 11.7. The van der Waals surface area contributed by atoms with Gasteiger partial charge in [0, 0.05) is 12.3 Å². The van der Waals surface area contributed by atoms with Gasteiger partial charge in [0.25, 0.3) is 5.44 Å². The van der Waals surface area contributed by atoms with E-state index in [9.17, 15) is 18.0 Å². The van der Waals surface area contributed by atoms with E-state index in [2.05, 4.69) is 6.92 Å². The molecule has 0 heterocycles. The molecular weight excluding hydrogens is 424 g/mol. The molecule has 6 heteroatoms. The molecule has 1 aromatic carbocycles. The summed E-state index contributed by atoms with van der Waals surface area (Å²) >= 11 is 0. The number of hydrogen-bond donors (Lipinski definition) is 0. The number of rotatable bonds is 15. The van der Waals surface area contributed by atoms with E-state index in [4.69, 9.17) is 4.74 Å². The van der Waals surface area contributed by atoms with Crippen molar-refractivity contribution in [2.75, 3.05) is 0 Å². The topological polar surface area (TPSA) is 77.5 Å². The van der Waals surface area contributed by atoms with Crippen LogP contribution in [0.15, 0.2) is 29.2 Å². The zero-order valence-corrected chi connectivity index (χ0v) is 21.4. The summed E-state index contributed by atoms with van der Waals surface area (Å²) in [7, 11) is -4.13. The van der Waals surface area contributed by atoms with Gasteiger partial charge in [-0.05, 0) is 30.5 Å². The van der Waals surface area contributed by atoms with Crippen molar-refractivity contribution in [3.8, 4) is 0 Å². The Labute approximate surface area is 195 Å². The Morgan fingerprint density at radius 2 is 1.31 bits per heavy atom. The fourth-order valence-electron chi connectivity index (χ4n) is 3.55. The van der Waals surface area contributed by atoms with Gasteiger partial charge in [0.05, 0.1) is 4.90 Å². The minimum atomic E-state index is -4.13. The third-order valence-electron chi connectivity index (χ3n) is 5.58. The van der Waals surface area contributed by atoms with Crippen molar-refractivity contribution in [3.05, 3.63) is 29.8 Å². The van der Waals surface area contributed by atoms with Gasteiger partial charge in [-0.2, -0.15) is 0 Å². The molecule has 32 heavy (non-hydrogen) atoms. The summed E-state index contributed by atoms with van der Waals surface area (Å²) in [5.41, 5.74) is -1.72. The van der Waals surface area contributed by atoms with Gasteiger partial charge in [0.15, 0.2) is 5.78 Å². The van der Waals surface area contributed by atoms with Crippen molar-refractivity contribution < 1.29 is 22.7 Å². The van der Waals surface area contributed by atoms with Crippen LogP contribution < -0.4 is 0 Å². The number of ketones is 1. The Bertz CT molecular complexity index is 804. The van der Waals surface area contributed by atoms with Crippen LogP contribution in [-0.2, 0) is 30.6 Å². The predicted molar refractivity (Wildman–Crippen MR) is 129 cm³/mol. The first kappa shape index (κ1) is 28.3. The molecule has 182 valence electrons. The van der Waals surface area contributed by atoms with Gasteiger partial charge in [0.1, 0.15) is 0 Å². The van der Waals surface area contributed by atoms with Crippen LogP contribution >= 0.6 is 0 Å². The minimum absolute atomic E-state index is 0.00632. The van der Waals surface area contributed by atoms with E-state index in [0.29, 0.717) is 0 Å². The van der Waals surface area contributed by atoms with Gasteiger partial charge in [-0.3, -0.25) is 9.59 Å². The van der Waals surface area contributed by atoms with Gasteiger partial charge in [-0.25, -0.2) is 8.42 Å². The highest BCUT2D eigenvalue weighted by Gasteiger charge is 2.42. The van der Waals surface area contributed by atoms with E-state index in [-0.39, 0.29) is 4.90 Å². The van der Waals surface area contributed by atoms with E-state index in [1.807, 2.05) is 0 Å². The number of unbranched alkanes of at least 4 members (excludes halogenated alkanes) is 9. The molecule has 1 atom stereocenters. The lowest BCUT2D eigenvalue weighted by atomic mass is 9.91. The second kappa shape index (κ2) is 13.8. The van der Waals surface area contributed by atoms with Crippen LogP contribution in [0, 0.1) is 5.41 Å². The molecule has 0 aromatic heterocycles. The normalized spacial score (nSPS) is 13.0. The first-order valence-electron chi connectivity index (χ1n) is 12.0. The quantitative estimate of drug-likeness (QED) is 0.220. The van der Waals surface area contributed by atoms with E-state index < -0.39 is 32.4 Å². The van der Waals surface area contributed by atoms with Gasteiger partial charge in [0.2, 0.25) is 9.84 Å². The van der Waals surface area contributed by atoms with E-state index in [0.717, 1.165) is 25.3 Å². The number of carbonyl (C=O) groups excluding carboxylic acids is 2. The van der Waals surface area contributed by atoms with Gasteiger partial charge in [-0.15, -0.1) is 0 Å². The van der Waals surface area contributed by atoms with Crippen LogP contribution in [0.1, 0.15) is 104 Å². The van der Waals surface area contributed by atoms with Crippen LogP contribution in [0.4, 0.5) is 0 Å². The molecule has 0 aliphatic carbocycles. The van der Waals surface area contributed by atoms with E-state index in [1.54, 1.807) is 32.9 Å². The average Bonchev–Trinajstić information content (AvgIpc) is 2.72. The third kappa shape index (κ3) is 9.85. The number of esters is 1. The SMILES string of the molecule is CCCCCCCCCCCCc1ccc(S(=O)(=O)C(OC(C)=O)C(=O)C(C)(C)C)cc1. The minimum Gasteiger partial charge on any atom is -0.437 e. The Balaban J connectivity index is 2.58. The zero-order chi connectivity index (χ0) is 24.2. The van der Waals surface area contributed by atoms with Crippen LogP contribution in [0.5, 0.6) is 0 Å². The average molecular weight is 467 g/mol. The summed E-state index contributed by atoms with van der Waals surface area (Å²) < 4.78 is 31.0. The lowest BCUT2D eigenvalue weighted by Crippen LogP contribution is -2.41. The molecule has 0 aliphatic rings. The molecule has 0 saturated heterocycles. The summed E-state index contributed by atoms with van der Waals surface area (Å²) in [6.07, 6.45) is 13.6.